The monoisotopic (exact) mass is 804 g/mol. The van der Waals surface area contributed by atoms with E-state index in [1.165, 1.54) is 44.2 Å². The van der Waals surface area contributed by atoms with Crippen LogP contribution in [0.2, 0.25) is 0 Å². The topological polar surface area (TPSA) is 52.8 Å². The molecule has 2 aromatic heterocycles. The van der Waals surface area contributed by atoms with E-state index in [0.717, 1.165) is 56.0 Å². The molecule has 0 amide bonds. The molecular formula is C58H36N4O. The molecule has 294 valence electrons. The van der Waals surface area contributed by atoms with Crippen LogP contribution < -0.4 is 4.74 Å². The van der Waals surface area contributed by atoms with Gasteiger partial charge in [0.2, 0.25) is 0 Å². The first-order valence-electron chi connectivity index (χ1n) is 21.3. The van der Waals surface area contributed by atoms with Crippen LogP contribution in [0.25, 0.3) is 83.9 Å². The maximum absolute atomic E-state index is 6.83. The summed E-state index contributed by atoms with van der Waals surface area (Å²) < 4.78 is 9.29. The Hall–Kier alpha value is -8.41. The summed E-state index contributed by atoms with van der Waals surface area (Å²) in [6.45, 7) is 0. The van der Waals surface area contributed by atoms with Crippen molar-refractivity contribution >= 4 is 21.8 Å². The Morgan fingerprint density at radius 2 is 0.810 bits per heavy atom. The van der Waals surface area contributed by atoms with Crippen LogP contribution in [0.1, 0.15) is 22.3 Å². The van der Waals surface area contributed by atoms with Gasteiger partial charge in [0.05, 0.1) is 22.1 Å². The Morgan fingerprint density at radius 3 is 1.52 bits per heavy atom. The minimum absolute atomic E-state index is 0.620. The predicted molar refractivity (Wildman–Crippen MR) is 253 cm³/mol. The fourth-order valence-corrected chi connectivity index (χ4v) is 10.1. The third-order valence-electron chi connectivity index (χ3n) is 12.9. The van der Waals surface area contributed by atoms with Crippen molar-refractivity contribution in [1.29, 1.82) is 0 Å². The van der Waals surface area contributed by atoms with Crippen LogP contribution in [0.5, 0.6) is 11.5 Å². The molecule has 4 heterocycles. The maximum atomic E-state index is 6.83. The number of ether oxygens (including phenoxy) is 1. The van der Waals surface area contributed by atoms with Crippen molar-refractivity contribution in [3.8, 4) is 73.6 Å². The molecule has 0 saturated heterocycles. The largest absolute Gasteiger partial charge is 0.457 e. The molecule has 11 aromatic rings. The summed E-state index contributed by atoms with van der Waals surface area (Å²) in [5, 5.41) is 2.49. The molecule has 1 atom stereocenters. The molecule has 1 spiro atoms. The molecule has 0 radical (unpaired) electrons. The molecule has 5 nitrogen and oxygen atoms in total. The van der Waals surface area contributed by atoms with Crippen LogP contribution in [0, 0.1) is 0 Å². The molecule has 0 N–H and O–H groups in total. The number of hydrogen-bond donors (Lipinski definition) is 0. The van der Waals surface area contributed by atoms with Gasteiger partial charge < -0.3 is 9.30 Å². The highest BCUT2D eigenvalue weighted by atomic mass is 16.5. The average Bonchev–Trinajstić information content (AvgIpc) is 3.71. The zero-order chi connectivity index (χ0) is 41.5. The van der Waals surface area contributed by atoms with E-state index in [1.54, 1.807) is 0 Å². The number of benzene rings is 9. The number of aromatic nitrogens is 4. The zero-order valence-corrected chi connectivity index (χ0v) is 34.0. The van der Waals surface area contributed by atoms with Gasteiger partial charge in [-0.1, -0.05) is 188 Å². The predicted octanol–water partition coefficient (Wildman–Crippen LogP) is 14.1. The molecule has 13 rings (SSSR count). The Bertz CT molecular complexity index is 3580. The van der Waals surface area contributed by atoms with Crippen LogP contribution in [0.3, 0.4) is 0 Å². The van der Waals surface area contributed by atoms with E-state index in [2.05, 4.69) is 187 Å². The van der Waals surface area contributed by atoms with E-state index < -0.39 is 5.41 Å². The van der Waals surface area contributed by atoms with E-state index in [1.807, 2.05) is 36.4 Å². The number of nitrogens with zero attached hydrogens (tertiary/aromatic N) is 4. The Balaban J connectivity index is 0.952. The van der Waals surface area contributed by atoms with Gasteiger partial charge in [0.15, 0.2) is 17.5 Å². The van der Waals surface area contributed by atoms with Gasteiger partial charge in [0.25, 0.3) is 0 Å². The van der Waals surface area contributed by atoms with E-state index in [0.29, 0.717) is 17.5 Å². The molecule has 63 heavy (non-hydrogen) atoms. The number of para-hydroxylation sites is 4. The fourth-order valence-electron chi connectivity index (χ4n) is 10.1. The molecule has 5 heteroatoms. The van der Waals surface area contributed by atoms with Gasteiger partial charge in [-0.05, 0) is 63.7 Å². The first kappa shape index (κ1) is 35.4. The average molecular weight is 805 g/mol. The molecule has 1 unspecified atom stereocenters. The van der Waals surface area contributed by atoms with Crippen LogP contribution in [-0.4, -0.2) is 19.5 Å². The van der Waals surface area contributed by atoms with Gasteiger partial charge in [0, 0.05) is 38.6 Å². The summed E-state index contributed by atoms with van der Waals surface area (Å²) >= 11 is 0. The zero-order valence-electron chi connectivity index (χ0n) is 34.0. The lowest BCUT2D eigenvalue weighted by Crippen LogP contribution is -2.37. The number of fused-ring (bicyclic) bond motifs is 11. The van der Waals surface area contributed by atoms with E-state index >= 15 is 0 Å². The molecule has 0 aliphatic carbocycles. The Morgan fingerprint density at radius 1 is 0.333 bits per heavy atom. The highest BCUT2D eigenvalue weighted by molar-refractivity contribution is 6.12. The summed E-state index contributed by atoms with van der Waals surface area (Å²) in [6.07, 6.45) is 0. The second kappa shape index (κ2) is 13.8. The second-order valence-corrected chi connectivity index (χ2v) is 16.3. The van der Waals surface area contributed by atoms with Gasteiger partial charge in [0.1, 0.15) is 11.5 Å². The third-order valence-corrected chi connectivity index (χ3v) is 12.9. The fraction of sp³-hybridized carbons (Fsp3) is 0.0172. The van der Waals surface area contributed by atoms with Gasteiger partial charge in [-0.3, -0.25) is 0 Å². The third kappa shape index (κ3) is 5.33. The van der Waals surface area contributed by atoms with Crippen molar-refractivity contribution in [2.75, 3.05) is 0 Å². The van der Waals surface area contributed by atoms with Gasteiger partial charge >= 0.3 is 0 Å². The summed E-state index contributed by atoms with van der Waals surface area (Å²) in [7, 11) is 0. The lowest BCUT2D eigenvalue weighted by atomic mass is 9.61. The lowest BCUT2D eigenvalue weighted by molar-refractivity contribution is 0.434. The maximum Gasteiger partial charge on any atom is 0.164 e. The molecular weight excluding hydrogens is 769 g/mol. The molecule has 2 aliphatic rings. The van der Waals surface area contributed by atoms with Crippen molar-refractivity contribution in [2.45, 2.75) is 5.41 Å². The van der Waals surface area contributed by atoms with E-state index in [4.69, 9.17) is 19.7 Å². The molecule has 9 aromatic carbocycles. The quantitative estimate of drug-likeness (QED) is 0.174. The first-order chi connectivity index (χ1) is 31.2. The van der Waals surface area contributed by atoms with Crippen molar-refractivity contribution in [3.05, 3.63) is 241 Å². The van der Waals surface area contributed by atoms with Crippen molar-refractivity contribution < 1.29 is 4.74 Å². The lowest BCUT2D eigenvalue weighted by Gasteiger charge is -2.45. The molecule has 0 saturated carbocycles. The Labute approximate surface area is 364 Å². The van der Waals surface area contributed by atoms with Gasteiger partial charge in [-0.2, -0.15) is 0 Å². The summed E-state index contributed by atoms with van der Waals surface area (Å²) in [4.78, 5) is 15.1. The highest BCUT2D eigenvalue weighted by Gasteiger charge is 2.50. The minimum Gasteiger partial charge on any atom is -0.457 e. The standard InChI is InChI=1S/C58H36N4O/c1-3-14-37(15-4-1)38-26-30-41(31-27-38)56-59-55(40-16-5-2-6-17-40)60-57(61-56)42-32-28-39(29-33-42)43-34-35-53-49(36-43)58(47-21-9-12-25-52(47)63-53)46-20-8-11-24-51(46)62-50-23-10-7-18-44(50)45-19-13-22-48(58)54(45)62/h1-36H. The summed E-state index contributed by atoms with van der Waals surface area (Å²) in [6, 6.07) is 77.3. The molecule has 0 fully saturated rings. The van der Waals surface area contributed by atoms with Crippen LogP contribution >= 0.6 is 0 Å². The van der Waals surface area contributed by atoms with Gasteiger partial charge in [-0.15, -0.1) is 0 Å². The van der Waals surface area contributed by atoms with E-state index in [-0.39, 0.29) is 0 Å². The van der Waals surface area contributed by atoms with Gasteiger partial charge in [-0.25, -0.2) is 15.0 Å². The molecule has 2 aliphatic heterocycles. The van der Waals surface area contributed by atoms with Crippen molar-refractivity contribution in [3.63, 3.8) is 0 Å². The SMILES string of the molecule is c1ccc(-c2ccc(-c3nc(-c4ccccc4)nc(-c4ccc(-c5ccc6c(c5)C5(c7ccccc7O6)c6ccccc6-n6c7ccccc7c7cccc5c76)cc4)n3)cc2)cc1. The highest BCUT2D eigenvalue weighted by Crippen LogP contribution is 2.60. The van der Waals surface area contributed by atoms with E-state index in [9.17, 15) is 0 Å². The summed E-state index contributed by atoms with van der Waals surface area (Å²) in [5.74, 6) is 3.61. The number of hydrogen-bond acceptors (Lipinski definition) is 4. The first-order valence-corrected chi connectivity index (χ1v) is 21.3. The second-order valence-electron chi connectivity index (χ2n) is 16.3. The van der Waals surface area contributed by atoms with Crippen molar-refractivity contribution in [2.24, 2.45) is 0 Å². The Kier molecular flexibility index (Phi) is 7.75. The van der Waals surface area contributed by atoms with Crippen molar-refractivity contribution in [1.82, 2.24) is 19.5 Å². The normalized spacial score (nSPS) is 14.5. The molecule has 0 bridgehead atoms. The summed E-state index contributed by atoms with van der Waals surface area (Å²) in [5.41, 5.74) is 15.0. The minimum atomic E-state index is -0.644. The number of rotatable bonds is 5. The van der Waals surface area contributed by atoms with Crippen LogP contribution in [0.15, 0.2) is 218 Å². The van der Waals surface area contributed by atoms with Crippen LogP contribution in [-0.2, 0) is 5.41 Å². The smallest absolute Gasteiger partial charge is 0.164 e. The van der Waals surface area contributed by atoms with Crippen LogP contribution in [0.4, 0.5) is 0 Å².